The third-order valence-corrected chi connectivity index (χ3v) is 3.70. The van der Waals surface area contributed by atoms with Crippen molar-refractivity contribution in [3.05, 3.63) is 29.8 Å². The van der Waals surface area contributed by atoms with E-state index in [-0.39, 0.29) is 12.5 Å². The van der Waals surface area contributed by atoms with Gasteiger partial charge in [-0.2, -0.15) is 0 Å². The summed E-state index contributed by atoms with van der Waals surface area (Å²) in [6, 6.07) is 7.96. The molecule has 1 saturated heterocycles. The quantitative estimate of drug-likeness (QED) is 0.834. The number of amides is 1. The summed E-state index contributed by atoms with van der Waals surface area (Å²) in [5, 5.41) is 0. The topological polar surface area (TPSA) is 29.5 Å². The molecular formula is C16H23NO2. The van der Waals surface area contributed by atoms with Crippen LogP contribution in [-0.4, -0.2) is 30.5 Å². The molecule has 0 aliphatic carbocycles. The third-order valence-electron chi connectivity index (χ3n) is 3.70. The van der Waals surface area contributed by atoms with E-state index in [9.17, 15) is 4.79 Å². The van der Waals surface area contributed by atoms with Crippen molar-refractivity contribution < 1.29 is 9.53 Å². The van der Waals surface area contributed by atoms with Gasteiger partial charge in [0.05, 0.1) is 0 Å². The van der Waals surface area contributed by atoms with Gasteiger partial charge in [-0.3, -0.25) is 4.79 Å². The van der Waals surface area contributed by atoms with Crippen LogP contribution in [0.3, 0.4) is 0 Å². The predicted molar refractivity (Wildman–Crippen MR) is 76.3 cm³/mol. The Labute approximate surface area is 115 Å². The van der Waals surface area contributed by atoms with Gasteiger partial charge in [-0.25, -0.2) is 0 Å². The first-order valence-electron chi connectivity index (χ1n) is 7.18. The number of rotatable bonds is 4. The Balaban J connectivity index is 1.82. The van der Waals surface area contributed by atoms with Gasteiger partial charge in [-0.1, -0.05) is 26.0 Å². The summed E-state index contributed by atoms with van der Waals surface area (Å²) in [5.74, 6) is 1.49. The smallest absolute Gasteiger partial charge is 0.260 e. The van der Waals surface area contributed by atoms with Gasteiger partial charge in [-0.15, -0.1) is 0 Å². The van der Waals surface area contributed by atoms with Crippen LogP contribution in [0.1, 0.15) is 32.3 Å². The molecule has 1 fully saturated rings. The lowest BCUT2D eigenvalue weighted by Crippen LogP contribution is -2.41. The standard InChI is InChI=1S/C16H23NO2/c1-3-14-6-8-15(9-7-14)19-12-16(18)17-10-4-5-13(2)11-17/h6-9,13H,3-5,10-12H2,1-2H3. The number of benzene rings is 1. The minimum Gasteiger partial charge on any atom is -0.484 e. The van der Waals surface area contributed by atoms with E-state index in [2.05, 4.69) is 13.8 Å². The third kappa shape index (κ3) is 3.98. The number of hydrogen-bond acceptors (Lipinski definition) is 2. The maximum atomic E-state index is 12.0. The van der Waals surface area contributed by atoms with Crippen molar-refractivity contribution in [2.75, 3.05) is 19.7 Å². The van der Waals surface area contributed by atoms with E-state index in [1.165, 1.54) is 12.0 Å². The van der Waals surface area contributed by atoms with Crippen LogP contribution >= 0.6 is 0 Å². The van der Waals surface area contributed by atoms with Gasteiger partial charge in [0.2, 0.25) is 0 Å². The second-order valence-corrected chi connectivity index (χ2v) is 5.37. The molecule has 1 aliphatic rings. The van der Waals surface area contributed by atoms with Gasteiger partial charge in [0, 0.05) is 13.1 Å². The van der Waals surface area contributed by atoms with E-state index in [4.69, 9.17) is 4.74 Å². The van der Waals surface area contributed by atoms with Crippen molar-refractivity contribution in [3.8, 4) is 5.75 Å². The Hall–Kier alpha value is -1.51. The Morgan fingerprint density at radius 3 is 2.74 bits per heavy atom. The van der Waals surface area contributed by atoms with Gasteiger partial charge in [0.25, 0.3) is 5.91 Å². The molecule has 1 amide bonds. The van der Waals surface area contributed by atoms with Crippen LogP contribution in [0.5, 0.6) is 5.75 Å². The second-order valence-electron chi connectivity index (χ2n) is 5.37. The number of piperidine rings is 1. The van der Waals surface area contributed by atoms with E-state index >= 15 is 0 Å². The first-order chi connectivity index (χ1) is 9.19. The Bertz CT molecular complexity index is 413. The fourth-order valence-electron chi connectivity index (χ4n) is 2.47. The van der Waals surface area contributed by atoms with Crippen molar-refractivity contribution in [2.45, 2.75) is 33.1 Å². The average Bonchev–Trinajstić information content (AvgIpc) is 2.45. The number of likely N-dealkylation sites (tertiary alicyclic amines) is 1. The van der Waals surface area contributed by atoms with Crippen LogP contribution in [0.4, 0.5) is 0 Å². The van der Waals surface area contributed by atoms with E-state index in [1.807, 2.05) is 29.2 Å². The molecule has 3 nitrogen and oxygen atoms in total. The second kappa shape index (κ2) is 6.60. The Morgan fingerprint density at radius 2 is 2.11 bits per heavy atom. The lowest BCUT2D eigenvalue weighted by molar-refractivity contribution is -0.135. The molecule has 1 aromatic carbocycles. The molecule has 0 bridgehead atoms. The zero-order valence-corrected chi connectivity index (χ0v) is 11.9. The summed E-state index contributed by atoms with van der Waals surface area (Å²) >= 11 is 0. The van der Waals surface area contributed by atoms with Gasteiger partial charge >= 0.3 is 0 Å². The molecule has 19 heavy (non-hydrogen) atoms. The van der Waals surface area contributed by atoms with E-state index in [1.54, 1.807) is 0 Å². The first-order valence-corrected chi connectivity index (χ1v) is 7.18. The van der Waals surface area contributed by atoms with E-state index < -0.39 is 0 Å². The Kier molecular flexibility index (Phi) is 4.83. The SMILES string of the molecule is CCc1ccc(OCC(=O)N2CCCC(C)C2)cc1. The van der Waals surface area contributed by atoms with Crippen LogP contribution in [-0.2, 0) is 11.2 Å². The fourth-order valence-corrected chi connectivity index (χ4v) is 2.47. The van der Waals surface area contributed by atoms with Gasteiger partial charge in [-0.05, 0) is 42.9 Å². The number of carbonyl (C=O) groups excluding carboxylic acids is 1. The zero-order chi connectivity index (χ0) is 13.7. The molecule has 104 valence electrons. The highest BCUT2D eigenvalue weighted by Crippen LogP contribution is 2.16. The predicted octanol–water partition coefficient (Wildman–Crippen LogP) is 2.89. The number of carbonyl (C=O) groups is 1. The fraction of sp³-hybridized carbons (Fsp3) is 0.562. The molecule has 1 atom stereocenters. The lowest BCUT2D eigenvalue weighted by atomic mass is 10.0. The minimum absolute atomic E-state index is 0.103. The molecule has 0 spiro atoms. The number of nitrogens with zero attached hydrogens (tertiary/aromatic N) is 1. The van der Waals surface area contributed by atoms with Gasteiger partial charge in [0.1, 0.15) is 5.75 Å². The molecule has 1 aromatic rings. The first kappa shape index (κ1) is 13.9. The summed E-state index contributed by atoms with van der Waals surface area (Å²) in [7, 11) is 0. The maximum absolute atomic E-state index is 12.0. The summed E-state index contributed by atoms with van der Waals surface area (Å²) in [6.07, 6.45) is 3.35. The molecule has 1 aliphatic heterocycles. The molecular weight excluding hydrogens is 238 g/mol. The zero-order valence-electron chi connectivity index (χ0n) is 11.9. The van der Waals surface area contributed by atoms with Crippen LogP contribution in [0.2, 0.25) is 0 Å². The summed E-state index contributed by atoms with van der Waals surface area (Å²) in [6.45, 7) is 6.22. The van der Waals surface area contributed by atoms with Crippen molar-refractivity contribution in [3.63, 3.8) is 0 Å². The highest BCUT2D eigenvalue weighted by Gasteiger charge is 2.20. The normalized spacial score (nSPS) is 19.3. The number of hydrogen-bond donors (Lipinski definition) is 0. The van der Waals surface area contributed by atoms with Gasteiger partial charge < -0.3 is 9.64 Å². The summed E-state index contributed by atoms with van der Waals surface area (Å²) in [5.41, 5.74) is 1.28. The van der Waals surface area contributed by atoms with Crippen molar-refractivity contribution in [2.24, 2.45) is 5.92 Å². The van der Waals surface area contributed by atoms with Crippen molar-refractivity contribution in [1.82, 2.24) is 4.90 Å². The van der Waals surface area contributed by atoms with E-state index in [0.29, 0.717) is 5.92 Å². The monoisotopic (exact) mass is 261 g/mol. The largest absolute Gasteiger partial charge is 0.484 e. The molecule has 0 N–H and O–H groups in total. The molecule has 1 unspecified atom stereocenters. The summed E-state index contributed by atoms with van der Waals surface area (Å²) < 4.78 is 5.56. The van der Waals surface area contributed by atoms with Crippen LogP contribution in [0, 0.1) is 5.92 Å². The molecule has 0 saturated carbocycles. The van der Waals surface area contributed by atoms with Crippen LogP contribution < -0.4 is 4.74 Å². The molecule has 0 radical (unpaired) electrons. The average molecular weight is 261 g/mol. The molecule has 0 aromatic heterocycles. The highest BCUT2D eigenvalue weighted by atomic mass is 16.5. The molecule has 2 rings (SSSR count). The lowest BCUT2D eigenvalue weighted by Gasteiger charge is -2.30. The van der Waals surface area contributed by atoms with Gasteiger partial charge in [0.15, 0.2) is 6.61 Å². The van der Waals surface area contributed by atoms with E-state index in [0.717, 1.165) is 31.7 Å². The highest BCUT2D eigenvalue weighted by molar-refractivity contribution is 5.77. The minimum atomic E-state index is 0.103. The molecule has 1 heterocycles. The van der Waals surface area contributed by atoms with Crippen molar-refractivity contribution in [1.29, 1.82) is 0 Å². The Morgan fingerprint density at radius 1 is 1.37 bits per heavy atom. The van der Waals surface area contributed by atoms with Crippen LogP contribution in [0.25, 0.3) is 0 Å². The number of aryl methyl sites for hydroxylation is 1. The molecule has 3 heteroatoms. The maximum Gasteiger partial charge on any atom is 0.260 e. The summed E-state index contributed by atoms with van der Waals surface area (Å²) in [4.78, 5) is 14.0. The van der Waals surface area contributed by atoms with Crippen LogP contribution in [0.15, 0.2) is 24.3 Å². The van der Waals surface area contributed by atoms with Crippen molar-refractivity contribution >= 4 is 5.91 Å². The number of ether oxygens (including phenoxy) is 1.